The smallest absolute Gasteiger partial charge is 0.321 e. The molecule has 1 fully saturated rings. The fourth-order valence-corrected chi connectivity index (χ4v) is 3.84. The number of carbonyl (C=O) groups is 1. The van der Waals surface area contributed by atoms with Gasteiger partial charge in [0, 0.05) is 30.4 Å². The molecule has 1 aliphatic rings. The van der Waals surface area contributed by atoms with E-state index >= 15 is 0 Å². The third-order valence-electron chi connectivity index (χ3n) is 4.43. The fourth-order valence-electron chi connectivity index (χ4n) is 2.99. The van der Waals surface area contributed by atoms with Crippen LogP contribution in [0.5, 0.6) is 0 Å². The van der Waals surface area contributed by atoms with Crippen LogP contribution in [0.1, 0.15) is 34.7 Å². The van der Waals surface area contributed by atoms with Crippen molar-refractivity contribution in [3.05, 3.63) is 45.9 Å². The summed E-state index contributed by atoms with van der Waals surface area (Å²) in [6.07, 6.45) is 5.46. The molecule has 1 aromatic heterocycles. The Bertz CT molecular complexity index is 744. The minimum atomic E-state index is -0.144. The second-order valence-electron chi connectivity index (χ2n) is 6.84. The molecule has 1 aromatic carbocycles. The fraction of sp³-hybridized carbons (Fsp3) is 0.500. The van der Waals surface area contributed by atoms with Crippen molar-refractivity contribution in [2.45, 2.75) is 45.4 Å². The molecule has 1 N–H and O–H groups in total. The van der Waals surface area contributed by atoms with Crippen LogP contribution in [0, 0.1) is 6.92 Å². The summed E-state index contributed by atoms with van der Waals surface area (Å²) in [6.45, 7) is 4.47. The molecule has 3 rings (SSSR count). The van der Waals surface area contributed by atoms with Crippen LogP contribution in [0.2, 0.25) is 0 Å². The van der Waals surface area contributed by atoms with Crippen molar-refractivity contribution in [2.75, 3.05) is 25.6 Å². The van der Waals surface area contributed by atoms with Gasteiger partial charge in [-0.3, -0.25) is 0 Å². The van der Waals surface area contributed by atoms with E-state index in [1.165, 1.54) is 6.42 Å². The number of nitrogens with zero attached hydrogens (tertiary/aromatic N) is 2. The number of benzene rings is 1. The maximum atomic E-state index is 12.4. The van der Waals surface area contributed by atoms with E-state index in [1.54, 1.807) is 23.3 Å². The molecule has 0 radical (unpaired) electrons. The van der Waals surface area contributed by atoms with Crippen LogP contribution in [0.25, 0.3) is 0 Å². The van der Waals surface area contributed by atoms with E-state index in [1.807, 2.05) is 37.4 Å². The summed E-state index contributed by atoms with van der Waals surface area (Å²) in [5, 5.41) is 3.94. The Labute approximate surface area is 164 Å². The molecule has 1 saturated heterocycles. The zero-order chi connectivity index (χ0) is 19.1. The summed E-state index contributed by atoms with van der Waals surface area (Å²) in [6, 6.07) is 7.62. The average Bonchev–Trinajstić information content (AvgIpc) is 3.07. The molecular formula is C20H27N3O3S. The molecule has 2 aromatic rings. The Balaban J connectivity index is 1.46. The van der Waals surface area contributed by atoms with Gasteiger partial charge in [0.25, 0.3) is 0 Å². The first-order chi connectivity index (χ1) is 13.1. The highest BCUT2D eigenvalue weighted by molar-refractivity contribution is 7.11. The molecule has 0 aliphatic carbocycles. The normalized spacial score (nSPS) is 16.9. The SMILES string of the molecule is Cc1ncc(CN(C)C(=O)Nc2cccc(COCC3CCCCO3)c2)s1. The van der Waals surface area contributed by atoms with Gasteiger partial charge in [-0.2, -0.15) is 0 Å². The largest absolute Gasteiger partial charge is 0.376 e. The highest BCUT2D eigenvalue weighted by Gasteiger charge is 2.14. The van der Waals surface area contributed by atoms with E-state index in [0.29, 0.717) is 19.8 Å². The van der Waals surface area contributed by atoms with Crippen LogP contribution in [0.3, 0.4) is 0 Å². The lowest BCUT2D eigenvalue weighted by Gasteiger charge is -2.22. The number of urea groups is 1. The van der Waals surface area contributed by atoms with Crippen molar-refractivity contribution in [1.29, 1.82) is 0 Å². The van der Waals surface area contributed by atoms with Gasteiger partial charge in [0.05, 0.1) is 30.9 Å². The maximum absolute atomic E-state index is 12.4. The van der Waals surface area contributed by atoms with Crippen LogP contribution in [0.4, 0.5) is 10.5 Å². The van der Waals surface area contributed by atoms with Crippen LogP contribution < -0.4 is 5.32 Å². The molecule has 0 bridgehead atoms. The molecule has 146 valence electrons. The van der Waals surface area contributed by atoms with Crippen LogP contribution in [-0.2, 0) is 22.6 Å². The lowest BCUT2D eigenvalue weighted by atomic mass is 10.1. The summed E-state index contributed by atoms with van der Waals surface area (Å²) in [5.74, 6) is 0. The lowest BCUT2D eigenvalue weighted by molar-refractivity contribution is -0.0447. The monoisotopic (exact) mass is 389 g/mol. The molecule has 27 heavy (non-hydrogen) atoms. The minimum absolute atomic E-state index is 0.144. The number of thiazole rings is 1. The summed E-state index contributed by atoms with van der Waals surface area (Å²) < 4.78 is 11.5. The second kappa shape index (κ2) is 9.82. The Morgan fingerprint density at radius 3 is 3.07 bits per heavy atom. The zero-order valence-corrected chi connectivity index (χ0v) is 16.8. The molecule has 1 unspecified atom stereocenters. The highest BCUT2D eigenvalue weighted by atomic mass is 32.1. The quantitative estimate of drug-likeness (QED) is 0.771. The third kappa shape index (κ3) is 6.30. The van der Waals surface area contributed by atoms with Crippen molar-refractivity contribution in [3.63, 3.8) is 0 Å². The van der Waals surface area contributed by atoms with E-state index < -0.39 is 0 Å². The molecule has 0 saturated carbocycles. The number of hydrogen-bond donors (Lipinski definition) is 1. The molecule has 7 heteroatoms. The number of hydrogen-bond acceptors (Lipinski definition) is 5. The molecule has 6 nitrogen and oxygen atoms in total. The van der Waals surface area contributed by atoms with Gasteiger partial charge in [0.15, 0.2) is 0 Å². The van der Waals surface area contributed by atoms with Crippen molar-refractivity contribution in [1.82, 2.24) is 9.88 Å². The van der Waals surface area contributed by atoms with Crippen molar-refractivity contribution in [3.8, 4) is 0 Å². The first kappa shape index (κ1) is 19.8. The van der Waals surface area contributed by atoms with Gasteiger partial charge in [-0.05, 0) is 43.9 Å². The third-order valence-corrected chi connectivity index (χ3v) is 5.33. The minimum Gasteiger partial charge on any atom is -0.376 e. The number of nitrogens with one attached hydrogen (secondary N) is 1. The van der Waals surface area contributed by atoms with Crippen molar-refractivity contribution < 1.29 is 14.3 Å². The summed E-state index contributed by atoms with van der Waals surface area (Å²) >= 11 is 1.60. The van der Waals surface area contributed by atoms with Gasteiger partial charge in [-0.15, -0.1) is 11.3 Å². The van der Waals surface area contributed by atoms with E-state index in [9.17, 15) is 4.79 Å². The number of carbonyl (C=O) groups excluding carboxylic acids is 1. The molecular weight excluding hydrogens is 362 g/mol. The number of amides is 2. The Morgan fingerprint density at radius 2 is 2.33 bits per heavy atom. The van der Waals surface area contributed by atoms with Crippen LogP contribution in [-0.4, -0.2) is 42.3 Å². The first-order valence-electron chi connectivity index (χ1n) is 9.32. The average molecular weight is 390 g/mol. The molecule has 0 spiro atoms. The Kier molecular flexibility index (Phi) is 7.20. The maximum Gasteiger partial charge on any atom is 0.321 e. The van der Waals surface area contributed by atoms with Gasteiger partial charge < -0.3 is 19.7 Å². The van der Waals surface area contributed by atoms with Crippen LogP contribution in [0.15, 0.2) is 30.5 Å². The van der Waals surface area contributed by atoms with Gasteiger partial charge >= 0.3 is 6.03 Å². The molecule has 2 heterocycles. The standard InChI is InChI=1S/C20H27N3O3S/c1-15-21-11-19(27-15)12-23(2)20(24)22-17-7-5-6-16(10-17)13-25-14-18-8-3-4-9-26-18/h5-7,10-11,18H,3-4,8-9,12-14H2,1-2H3,(H,22,24). The predicted octanol–water partition coefficient (Wildman–Crippen LogP) is 4.20. The number of rotatable bonds is 7. The Hall–Kier alpha value is -1.96. The Morgan fingerprint density at radius 1 is 1.44 bits per heavy atom. The number of aryl methyl sites for hydroxylation is 1. The van der Waals surface area contributed by atoms with Crippen LogP contribution >= 0.6 is 11.3 Å². The molecule has 1 atom stereocenters. The number of ether oxygens (including phenoxy) is 2. The van der Waals surface area contributed by atoms with E-state index in [0.717, 1.165) is 40.6 Å². The molecule has 1 aliphatic heterocycles. The number of aromatic nitrogens is 1. The lowest BCUT2D eigenvalue weighted by Crippen LogP contribution is -2.30. The van der Waals surface area contributed by atoms with E-state index in [4.69, 9.17) is 9.47 Å². The predicted molar refractivity (Wildman–Crippen MR) is 107 cm³/mol. The van der Waals surface area contributed by atoms with Crippen molar-refractivity contribution >= 4 is 23.1 Å². The summed E-state index contributed by atoms with van der Waals surface area (Å²) in [7, 11) is 1.78. The van der Waals surface area contributed by atoms with Gasteiger partial charge in [-0.25, -0.2) is 9.78 Å². The van der Waals surface area contributed by atoms with Gasteiger partial charge in [-0.1, -0.05) is 12.1 Å². The van der Waals surface area contributed by atoms with E-state index in [2.05, 4.69) is 10.3 Å². The highest BCUT2D eigenvalue weighted by Crippen LogP contribution is 2.17. The zero-order valence-electron chi connectivity index (χ0n) is 15.9. The summed E-state index contributed by atoms with van der Waals surface area (Å²) in [5.41, 5.74) is 1.80. The van der Waals surface area contributed by atoms with E-state index in [-0.39, 0.29) is 12.1 Å². The van der Waals surface area contributed by atoms with Crippen molar-refractivity contribution in [2.24, 2.45) is 0 Å². The van der Waals surface area contributed by atoms with Gasteiger partial charge in [0.2, 0.25) is 0 Å². The second-order valence-corrected chi connectivity index (χ2v) is 8.16. The van der Waals surface area contributed by atoms with Gasteiger partial charge in [0.1, 0.15) is 0 Å². The first-order valence-corrected chi connectivity index (χ1v) is 10.1. The number of anilines is 1. The topological polar surface area (TPSA) is 63.7 Å². The summed E-state index contributed by atoms with van der Waals surface area (Å²) in [4.78, 5) is 19.3. The molecule has 2 amide bonds.